The van der Waals surface area contributed by atoms with Gasteiger partial charge in [0.15, 0.2) is 0 Å². The van der Waals surface area contributed by atoms with E-state index in [9.17, 15) is 0 Å². The number of hydrogen-bond acceptors (Lipinski definition) is 1. The maximum Gasteiger partial charge on any atom is 0.145 e. The molecule has 0 radical (unpaired) electrons. The Morgan fingerprint density at radius 3 is 1.92 bits per heavy atom. The van der Waals surface area contributed by atoms with Gasteiger partial charge in [0.2, 0.25) is 0 Å². The standard InChI is InChI=1S/C49H36N2/c1-31-24-29-37-40(30-31)46(39-19-13-21-42-47(39)38-18-9-10-20-41(38)49(42,2)3)36-17-8-7-16-35(36)45(37)32-25-27-33(28-26-32)48-50-43-22-11-12-23-44(43)51(48)34-14-5-4-6-15-34/h4-30H,1-3H3. The van der Waals surface area contributed by atoms with Crippen LogP contribution in [0.5, 0.6) is 0 Å². The average molecular weight is 653 g/mol. The molecular weight excluding hydrogens is 617 g/mol. The van der Waals surface area contributed by atoms with Gasteiger partial charge in [0.1, 0.15) is 5.82 Å². The van der Waals surface area contributed by atoms with E-state index in [1.807, 2.05) is 0 Å². The summed E-state index contributed by atoms with van der Waals surface area (Å²) in [6.45, 7) is 6.94. The quantitative estimate of drug-likeness (QED) is 0.173. The molecule has 1 aliphatic carbocycles. The number of para-hydroxylation sites is 3. The van der Waals surface area contributed by atoms with Gasteiger partial charge in [-0.15, -0.1) is 0 Å². The molecule has 0 spiro atoms. The monoisotopic (exact) mass is 652 g/mol. The van der Waals surface area contributed by atoms with Gasteiger partial charge in [0.05, 0.1) is 11.0 Å². The molecule has 1 heterocycles. The summed E-state index contributed by atoms with van der Waals surface area (Å²) in [7, 11) is 0. The maximum atomic E-state index is 5.13. The SMILES string of the molecule is Cc1ccc2c(-c3ccc(-c4nc5ccccc5n4-c4ccccc4)cc3)c3ccccc3c(-c3cccc4c3-c3ccccc3C4(C)C)c2c1. The number of imidazole rings is 1. The molecule has 0 N–H and O–H groups in total. The largest absolute Gasteiger partial charge is 0.292 e. The minimum absolute atomic E-state index is 0.0633. The van der Waals surface area contributed by atoms with E-state index >= 15 is 0 Å². The summed E-state index contributed by atoms with van der Waals surface area (Å²) >= 11 is 0. The van der Waals surface area contributed by atoms with Gasteiger partial charge in [0.25, 0.3) is 0 Å². The summed E-state index contributed by atoms with van der Waals surface area (Å²) < 4.78 is 2.27. The normalized spacial score (nSPS) is 13.2. The minimum Gasteiger partial charge on any atom is -0.292 e. The molecule has 0 saturated heterocycles. The number of aromatic nitrogens is 2. The summed E-state index contributed by atoms with van der Waals surface area (Å²) in [6, 6.07) is 59.8. The molecule has 0 aliphatic heterocycles. The van der Waals surface area contributed by atoms with Crippen LogP contribution in [0.4, 0.5) is 0 Å². The number of aryl methyl sites for hydroxylation is 1. The summed E-state index contributed by atoms with van der Waals surface area (Å²) in [5.74, 6) is 0.941. The van der Waals surface area contributed by atoms with E-state index < -0.39 is 0 Å². The Hall–Kier alpha value is -6.25. The van der Waals surface area contributed by atoms with Crippen LogP contribution < -0.4 is 0 Å². The first-order chi connectivity index (χ1) is 25.0. The first-order valence-corrected chi connectivity index (χ1v) is 17.8. The molecule has 2 heteroatoms. The Morgan fingerprint density at radius 1 is 0.471 bits per heavy atom. The van der Waals surface area contributed by atoms with Crippen molar-refractivity contribution in [2.45, 2.75) is 26.2 Å². The first-order valence-electron chi connectivity index (χ1n) is 17.8. The van der Waals surface area contributed by atoms with Gasteiger partial charge in [-0.2, -0.15) is 0 Å². The molecular formula is C49H36N2. The molecule has 0 atom stereocenters. The maximum absolute atomic E-state index is 5.13. The number of benzene rings is 8. The summed E-state index contributed by atoms with van der Waals surface area (Å²) in [5.41, 5.74) is 16.1. The lowest BCUT2D eigenvalue weighted by Crippen LogP contribution is -2.14. The zero-order valence-corrected chi connectivity index (χ0v) is 29.0. The van der Waals surface area contributed by atoms with Gasteiger partial charge in [-0.1, -0.05) is 159 Å². The Balaban J connectivity index is 1.21. The molecule has 0 amide bonds. The van der Waals surface area contributed by atoms with Crippen molar-refractivity contribution in [2.24, 2.45) is 0 Å². The van der Waals surface area contributed by atoms with Gasteiger partial charge in [-0.25, -0.2) is 4.98 Å². The van der Waals surface area contributed by atoms with Crippen LogP contribution in [0, 0.1) is 6.92 Å². The zero-order valence-electron chi connectivity index (χ0n) is 29.0. The lowest BCUT2D eigenvalue weighted by Gasteiger charge is -2.23. The zero-order chi connectivity index (χ0) is 34.3. The van der Waals surface area contributed by atoms with Crippen LogP contribution in [0.1, 0.15) is 30.5 Å². The topological polar surface area (TPSA) is 17.8 Å². The van der Waals surface area contributed by atoms with Gasteiger partial charge >= 0.3 is 0 Å². The van der Waals surface area contributed by atoms with E-state index in [2.05, 4.69) is 189 Å². The lowest BCUT2D eigenvalue weighted by molar-refractivity contribution is 0.660. The number of hydrogen-bond donors (Lipinski definition) is 0. The van der Waals surface area contributed by atoms with Crippen molar-refractivity contribution in [3.63, 3.8) is 0 Å². The van der Waals surface area contributed by atoms with Crippen LogP contribution in [0.15, 0.2) is 164 Å². The molecule has 0 bridgehead atoms. The number of fused-ring (bicyclic) bond motifs is 6. The second kappa shape index (κ2) is 11.1. The van der Waals surface area contributed by atoms with Crippen LogP contribution in [-0.4, -0.2) is 9.55 Å². The second-order valence-electron chi connectivity index (χ2n) is 14.4. The van der Waals surface area contributed by atoms with Gasteiger partial charge in [-0.3, -0.25) is 4.57 Å². The summed E-state index contributed by atoms with van der Waals surface area (Å²) in [4.78, 5) is 5.13. The highest BCUT2D eigenvalue weighted by Crippen LogP contribution is 2.54. The molecule has 51 heavy (non-hydrogen) atoms. The predicted octanol–water partition coefficient (Wildman–Crippen LogP) is 12.9. The fraction of sp³-hybridized carbons (Fsp3) is 0.0816. The molecule has 1 aliphatic rings. The highest BCUT2D eigenvalue weighted by molar-refractivity contribution is 6.23. The van der Waals surface area contributed by atoms with Gasteiger partial charge in [-0.05, 0) is 97.2 Å². The van der Waals surface area contributed by atoms with E-state index in [0.717, 1.165) is 28.1 Å². The lowest BCUT2D eigenvalue weighted by atomic mass is 9.80. The van der Waals surface area contributed by atoms with Crippen molar-refractivity contribution in [3.8, 4) is 50.5 Å². The molecule has 0 saturated carbocycles. The number of rotatable bonds is 4. The molecule has 2 nitrogen and oxygen atoms in total. The third-order valence-corrected chi connectivity index (χ3v) is 11.1. The fourth-order valence-electron chi connectivity index (χ4n) is 8.70. The number of nitrogens with zero attached hydrogens (tertiary/aromatic N) is 2. The van der Waals surface area contributed by atoms with Crippen LogP contribution in [0.3, 0.4) is 0 Å². The summed E-state index contributed by atoms with van der Waals surface area (Å²) in [5, 5.41) is 5.09. The van der Waals surface area contributed by atoms with Crippen molar-refractivity contribution in [3.05, 3.63) is 180 Å². The van der Waals surface area contributed by atoms with Crippen molar-refractivity contribution >= 4 is 32.6 Å². The van der Waals surface area contributed by atoms with E-state index in [-0.39, 0.29) is 5.41 Å². The molecule has 242 valence electrons. The molecule has 0 fully saturated rings. The van der Waals surface area contributed by atoms with Crippen molar-refractivity contribution in [1.29, 1.82) is 0 Å². The molecule has 8 aromatic carbocycles. The highest BCUT2D eigenvalue weighted by atomic mass is 15.1. The minimum atomic E-state index is -0.0633. The molecule has 1 aromatic heterocycles. The summed E-state index contributed by atoms with van der Waals surface area (Å²) in [6.07, 6.45) is 0. The van der Waals surface area contributed by atoms with Crippen molar-refractivity contribution in [2.75, 3.05) is 0 Å². The molecule has 9 aromatic rings. The second-order valence-corrected chi connectivity index (χ2v) is 14.4. The predicted molar refractivity (Wildman–Crippen MR) is 215 cm³/mol. The van der Waals surface area contributed by atoms with Crippen LogP contribution >= 0.6 is 0 Å². The van der Waals surface area contributed by atoms with Crippen LogP contribution in [0.2, 0.25) is 0 Å². The Kier molecular flexibility index (Phi) is 6.47. The van der Waals surface area contributed by atoms with E-state index in [1.165, 1.54) is 71.6 Å². The van der Waals surface area contributed by atoms with E-state index in [4.69, 9.17) is 4.98 Å². The average Bonchev–Trinajstić information content (AvgIpc) is 3.67. The Bertz CT molecular complexity index is 2820. The Labute approximate surface area is 298 Å². The van der Waals surface area contributed by atoms with Crippen molar-refractivity contribution < 1.29 is 0 Å². The first kappa shape index (κ1) is 29.6. The Morgan fingerprint density at radius 2 is 1.10 bits per heavy atom. The highest BCUT2D eigenvalue weighted by Gasteiger charge is 2.37. The third kappa shape index (κ3) is 4.39. The van der Waals surface area contributed by atoms with Crippen molar-refractivity contribution in [1.82, 2.24) is 9.55 Å². The van der Waals surface area contributed by atoms with Gasteiger partial charge < -0.3 is 0 Å². The smallest absolute Gasteiger partial charge is 0.145 e. The van der Waals surface area contributed by atoms with E-state index in [1.54, 1.807) is 0 Å². The third-order valence-electron chi connectivity index (χ3n) is 11.1. The van der Waals surface area contributed by atoms with Crippen LogP contribution in [0.25, 0.3) is 83.0 Å². The van der Waals surface area contributed by atoms with Gasteiger partial charge in [0, 0.05) is 16.7 Å². The van der Waals surface area contributed by atoms with E-state index in [0.29, 0.717) is 0 Å². The molecule has 10 rings (SSSR count). The molecule has 0 unspecified atom stereocenters. The fourth-order valence-corrected chi connectivity index (χ4v) is 8.70. The van der Waals surface area contributed by atoms with Crippen LogP contribution in [-0.2, 0) is 5.41 Å².